The number of hydrogen-bond donors (Lipinski definition) is 3. The van der Waals surface area contributed by atoms with Crippen LogP contribution in [0.1, 0.15) is 76.5 Å². The number of hydrogen-bond acceptors (Lipinski definition) is 6. The van der Waals surface area contributed by atoms with Crippen molar-refractivity contribution in [3.8, 4) is 0 Å². The number of amides is 2. The highest BCUT2D eigenvalue weighted by Crippen LogP contribution is 2.30. The highest BCUT2D eigenvalue weighted by Gasteiger charge is 2.38. The molecule has 13 heteroatoms. The number of aryl methyl sites for hydroxylation is 1. The molecule has 0 aromatic carbocycles. The molecule has 1 aliphatic heterocycles. The summed E-state index contributed by atoms with van der Waals surface area (Å²) in [5, 5.41) is 16.2. The van der Waals surface area contributed by atoms with E-state index in [1.807, 2.05) is 0 Å². The van der Waals surface area contributed by atoms with Gasteiger partial charge in [-0.1, -0.05) is 72.8 Å². The van der Waals surface area contributed by atoms with E-state index < -0.39 is 35.7 Å². The SMILES string of the molecule is CCC=CCC=CCC=CCC=CCC=CCCCC(=O)NCCN(C[C@@H]1O[C@H](n2cc(C)c(=O)[nH]c2=O)C[C@@H]1N=[N+]=[N-])C(=O)O. The van der Waals surface area contributed by atoms with Crippen LogP contribution in [0.15, 0.2) is 81.7 Å². The van der Waals surface area contributed by atoms with Crippen LogP contribution in [0.5, 0.6) is 0 Å². The van der Waals surface area contributed by atoms with E-state index in [2.05, 4.69) is 88.0 Å². The Morgan fingerprint density at radius 3 is 2.28 bits per heavy atom. The van der Waals surface area contributed by atoms with Crippen LogP contribution in [0.25, 0.3) is 10.4 Å². The molecule has 3 N–H and O–H groups in total. The number of aromatic amines is 1. The Hall–Kier alpha value is -4.61. The van der Waals surface area contributed by atoms with E-state index in [0.29, 0.717) is 18.4 Å². The molecule has 0 aliphatic carbocycles. The number of nitrogens with one attached hydrogen (secondary N) is 2. The lowest BCUT2D eigenvalue weighted by Crippen LogP contribution is -2.43. The van der Waals surface area contributed by atoms with Gasteiger partial charge in [0.2, 0.25) is 5.91 Å². The number of carbonyl (C=O) groups excluding carboxylic acids is 1. The number of rotatable bonds is 20. The fourth-order valence-corrected chi connectivity index (χ4v) is 4.69. The average Bonchev–Trinajstić information content (AvgIpc) is 3.41. The third kappa shape index (κ3) is 14.4. The second-order valence-electron chi connectivity index (χ2n) is 10.8. The van der Waals surface area contributed by atoms with Crippen LogP contribution < -0.4 is 16.6 Å². The van der Waals surface area contributed by atoms with Gasteiger partial charge in [0, 0.05) is 42.6 Å². The lowest BCUT2D eigenvalue weighted by atomic mass is 10.1. The predicted molar refractivity (Wildman–Crippen MR) is 178 cm³/mol. The Bertz CT molecular complexity index is 1420. The molecule has 46 heavy (non-hydrogen) atoms. The third-order valence-corrected chi connectivity index (χ3v) is 7.17. The molecule has 1 fully saturated rings. The zero-order chi connectivity index (χ0) is 33.6. The van der Waals surface area contributed by atoms with E-state index in [-0.39, 0.29) is 32.0 Å². The third-order valence-electron chi connectivity index (χ3n) is 7.17. The van der Waals surface area contributed by atoms with Gasteiger partial charge in [-0.2, -0.15) is 0 Å². The zero-order valence-electron chi connectivity index (χ0n) is 26.8. The predicted octanol–water partition coefficient (Wildman–Crippen LogP) is 5.83. The molecule has 1 aromatic heterocycles. The fraction of sp³-hybridized carbons (Fsp3) is 0.515. The molecule has 2 rings (SSSR count). The first-order chi connectivity index (χ1) is 22.3. The van der Waals surface area contributed by atoms with E-state index in [1.54, 1.807) is 0 Å². The summed E-state index contributed by atoms with van der Waals surface area (Å²) < 4.78 is 7.10. The van der Waals surface area contributed by atoms with E-state index in [4.69, 9.17) is 10.3 Å². The topological polar surface area (TPSA) is 182 Å². The van der Waals surface area contributed by atoms with E-state index >= 15 is 0 Å². The van der Waals surface area contributed by atoms with Crippen LogP contribution in [0.4, 0.5) is 4.79 Å². The largest absolute Gasteiger partial charge is 0.465 e. The lowest BCUT2D eigenvalue weighted by Gasteiger charge is -2.25. The number of nitrogens with zero attached hydrogens (tertiary/aromatic N) is 5. The summed E-state index contributed by atoms with van der Waals surface area (Å²) in [6.07, 6.45) is 26.4. The summed E-state index contributed by atoms with van der Waals surface area (Å²) >= 11 is 0. The van der Waals surface area contributed by atoms with Crippen LogP contribution in [0, 0.1) is 6.92 Å². The molecular formula is C33H47N7O6. The Labute approximate surface area is 269 Å². The van der Waals surface area contributed by atoms with E-state index in [9.17, 15) is 24.3 Å². The first-order valence-electron chi connectivity index (χ1n) is 15.8. The van der Waals surface area contributed by atoms with Crippen molar-refractivity contribution in [1.29, 1.82) is 0 Å². The van der Waals surface area contributed by atoms with Crippen molar-refractivity contribution in [3.63, 3.8) is 0 Å². The van der Waals surface area contributed by atoms with Crippen molar-refractivity contribution < 1.29 is 19.4 Å². The second kappa shape index (κ2) is 22.0. The summed E-state index contributed by atoms with van der Waals surface area (Å²) in [5.74, 6) is -0.172. The van der Waals surface area contributed by atoms with Crippen LogP contribution in [-0.4, -0.2) is 63.3 Å². The molecule has 13 nitrogen and oxygen atoms in total. The number of carboxylic acid groups (broad SMARTS) is 1. The number of unbranched alkanes of at least 4 members (excludes halogenated alkanes) is 1. The normalized spacial score (nSPS) is 18.3. The number of ether oxygens (including phenoxy) is 1. The summed E-state index contributed by atoms with van der Waals surface area (Å²) in [4.78, 5) is 54.3. The highest BCUT2D eigenvalue weighted by molar-refractivity contribution is 5.75. The monoisotopic (exact) mass is 637 g/mol. The molecule has 0 bridgehead atoms. The molecule has 0 unspecified atom stereocenters. The zero-order valence-corrected chi connectivity index (χ0v) is 26.8. The smallest absolute Gasteiger partial charge is 0.407 e. The first kappa shape index (κ1) is 37.6. The summed E-state index contributed by atoms with van der Waals surface area (Å²) in [6, 6.07) is -0.735. The van der Waals surface area contributed by atoms with Crippen LogP contribution >= 0.6 is 0 Å². The van der Waals surface area contributed by atoms with Crippen molar-refractivity contribution in [2.45, 2.75) is 90.0 Å². The standard InChI is InChI=1S/C33H47N7O6/c1-3-4-5-6-7-8-9-10-11-12-13-14-15-16-17-18-19-20-29(41)35-21-22-39(33(44)45)25-28-27(37-38-34)23-30(46-28)40-24-26(2)31(42)36-32(40)43/h4-5,7-8,10-11,13-14,16-17,24,27-28,30H,3,6,9,12,15,18-23,25H2,1-2H3,(H,35,41)(H,44,45)(H,36,42,43)/t27-,28-,30-/m0/s1. The molecule has 250 valence electrons. The molecule has 3 atom stereocenters. The summed E-state index contributed by atoms with van der Waals surface area (Å²) in [5.41, 5.74) is 8.09. The van der Waals surface area contributed by atoms with Crippen molar-refractivity contribution in [2.24, 2.45) is 5.11 Å². The molecule has 2 amide bonds. The first-order valence-corrected chi connectivity index (χ1v) is 15.8. The van der Waals surface area contributed by atoms with Crippen LogP contribution in [0.3, 0.4) is 0 Å². The molecule has 1 aromatic rings. The van der Waals surface area contributed by atoms with E-state index in [1.165, 1.54) is 17.7 Å². The maximum absolute atomic E-state index is 12.3. The van der Waals surface area contributed by atoms with Gasteiger partial charge in [0.25, 0.3) is 5.56 Å². The Morgan fingerprint density at radius 1 is 1.09 bits per heavy atom. The minimum absolute atomic E-state index is 0.00106. The van der Waals surface area contributed by atoms with Crippen LogP contribution in [0.2, 0.25) is 0 Å². The number of azide groups is 1. The molecular weight excluding hydrogens is 590 g/mol. The van der Waals surface area contributed by atoms with Gasteiger partial charge in [-0.3, -0.25) is 19.1 Å². The Kier molecular flexibility index (Phi) is 18.0. The number of carbonyl (C=O) groups is 2. The lowest BCUT2D eigenvalue weighted by molar-refractivity contribution is -0.121. The molecule has 0 radical (unpaired) electrons. The van der Waals surface area contributed by atoms with Gasteiger partial charge in [0.15, 0.2) is 0 Å². The maximum Gasteiger partial charge on any atom is 0.407 e. The van der Waals surface area contributed by atoms with Gasteiger partial charge in [-0.05, 0) is 57.4 Å². The molecule has 2 heterocycles. The van der Waals surface area contributed by atoms with Gasteiger partial charge >= 0.3 is 11.8 Å². The van der Waals surface area contributed by atoms with Gasteiger partial charge in [-0.25, -0.2) is 9.59 Å². The highest BCUT2D eigenvalue weighted by atomic mass is 16.5. The summed E-state index contributed by atoms with van der Waals surface area (Å²) in [6.45, 7) is 3.64. The quantitative estimate of drug-likeness (QED) is 0.0531. The number of H-pyrrole nitrogens is 1. The van der Waals surface area contributed by atoms with Crippen molar-refractivity contribution in [3.05, 3.63) is 104 Å². The van der Waals surface area contributed by atoms with Crippen molar-refractivity contribution in [1.82, 2.24) is 19.8 Å². The second-order valence-corrected chi connectivity index (χ2v) is 10.8. The van der Waals surface area contributed by atoms with Gasteiger partial charge < -0.3 is 20.1 Å². The van der Waals surface area contributed by atoms with Gasteiger partial charge in [0.1, 0.15) is 6.23 Å². The van der Waals surface area contributed by atoms with Crippen molar-refractivity contribution >= 4 is 12.0 Å². The maximum atomic E-state index is 12.3. The number of aromatic nitrogens is 2. The molecule has 0 spiro atoms. The Balaban J connectivity index is 1.67. The molecule has 0 saturated carbocycles. The summed E-state index contributed by atoms with van der Waals surface area (Å²) in [7, 11) is 0. The van der Waals surface area contributed by atoms with Crippen molar-refractivity contribution in [2.75, 3.05) is 19.6 Å². The molecule has 1 aliphatic rings. The number of allylic oxidation sites excluding steroid dienone is 10. The fourth-order valence-electron chi connectivity index (χ4n) is 4.69. The van der Waals surface area contributed by atoms with E-state index in [0.717, 1.165) is 43.4 Å². The minimum Gasteiger partial charge on any atom is -0.465 e. The van der Waals surface area contributed by atoms with Crippen LogP contribution in [-0.2, 0) is 9.53 Å². The average molecular weight is 638 g/mol. The Morgan fingerprint density at radius 2 is 1.70 bits per heavy atom. The van der Waals surface area contributed by atoms with Gasteiger partial charge in [-0.15, -0.1) is 0 Å². The van der Waals surface area contributed by atoms with Gasteiger partial charge in [0.05, 0.1) is 18.7 Å². The molecule has 1 saturated heterocycles. The minimum atomic E-state index is -1.23.